The van der Waals surface area contributed by atoms with Crippen LogP contribution >= 0.6 is 11.8 Å². The summed E-state index contributed by atoms with van der Waals surface area (Å²) in [6.07, 6.45) is 2.49. The minimum Gasteiger partial charge on any atom is -0.397 e. The van der Waals surface area contributed by atoms with Gasteiger partial charge in [0.1, 0.15) is 15.9 Å². The maximum absolute atomic E-state index is 13.3. The van der Waals surface area contributed by atoms with E-state index in [9.17, 15) is 8.78 Å². The second-order valence-corrected chi connectivity index (χ2v) is 3.92. The van der Waals surface area contributed by atoms with Crippen LogP contribution in [0.1, 0.15) is 0 Å². The Hall–Kier alpha value is -1.69. The first-order valence-corrected chi connectivity index (χ1v) is 5.18. The lowest BCUT2D eigenvalue weighted by atomic mass is 10.4. The minimum atomic E-state index is -0.727. The van der Waals surface area contributed by atoms with Crippen molar-refractivity contribution in [2.75, 3.05) is 5.73 Å². The molecule has 16 heavy (non-hydrogen) atoms. The second kappa shape index (κ2) is 4.44. The highest BCUT2D eigenvalue weighted by atomic mass is 32.2. The Kier molecular flexibility index (Phi) is 3.00. The van der Waals surface area contributed by atoms with Crippen LogP contribution < -0.4 is 5.73 Å². The average Bonchev–Trinajstić information content (AvgIpc) is 2.25. The molecule has 2 aromatic rings. The van der Waals surface area contributed by atoms with Gasteiger partial charge in [-0.25, -0.2) is 18.7 Å². The van der Waals surface area contributed by atoms with Gasteiger partial charge in [0, 0.05) is 12.3 Å². The number of nitrogens with zero attached hydrogens (tertiary/aromatic N) is 2. The lowest BCUT2D eigenvalue weighted by Crippen LogP contribution is -1.93. The first-order valence-electron chi connectivity index (χ1n) is 4.36. The molecule has 2 N–H and O–H groups in total. The van der Waals surface area contributed by atoms with Gasteiger partial charge in [-0.3, -0.25) is 0 Å². The van der Waals surface area contributed by atoms with Crippen LogP contribution in [0, 0.1) is 11.6 Å². The van der Waals surface area contributed by atoms with E-state index in [1.165, 1.54) is 0 Å². The van der Waals surface area contributed by atoms with E-state index in [1.54, 1.807) is 18.3 Å². The Morgan fingerprint density at radius 2 is 2.00 bits per heavy atom. The van der Waals surface area contributed by atoms with Gasteiger partial charge in [0.2, 0.25) is 0 Å². The first kappa shape index (κ1) is 10.8. The van der Waals surface area contributed by atoms with Crippen molar-refractivity contribution < 1.29 is 8.78 Å². The van der Waals surface area contributed by atoms with Gasteiger partial charge in [0.15, 0.2) is 5.82 Å². The summed E-state index contributed by atoms with van der Waals surface area (Å²) in [6.45, 7) is 0. The molecular weight excluding hydrogens is 232 g/mol. The van der Waals surface area contributed by atoms with Gasteiger partial charge in [-0.1, -0.05) is 0 Å². The molecule has 0 saturated heterocycles. The molecule has 6 heteroatoms. The number of hydrogen-bond acceptors (Lipinski definition) is 4. The molecule has 0 aliphatic carbocycles. The van der Waals surface area contributed by atoms with E-state index in [0.29, 0.717) is 10.7 Å². The van der Waals surface area contributed by atoms with Crippen LogP contribution in [0.3, 0.4) is 0 Å². The molecule has 0 saturated carbocycles. The van der Waals surface area contributed by atoms with Crippen LogP contribution in [0.15, 0.2) is 40.6 Å². The monoisotopic (exact) mass is 239 g/mol. The van der Waals surface area contributed by atoms with Crippen molar-refractivity contribution in [3.8, 4) is 0 Å². The Labute approximate surface area is 94.7 Å². The third-order valence-electron chi connectivity index (χ3n) is 1.77. The number of rotatable bonds is 2. The fourth-order valence-corrected chi connectivity index (χ4v) is 1.80. The topological polar surface area (TPSA) is 51.8 Å². The summed E-state index contributed by atoms with van der Waals surface area (Å²) in [6, 6.07) is 4.10. The van der Waals surface area contributed by atoms with Crippen LogP contribution in [-0.2, 0) is 0 Å². The zero-order valence-corrected chi connectivity index (χ0v) is 8.84. The fraction of sp³-hybridized carbons (Fsp3) is 0. The molecule has 2 heterocycles. The molecule has 0 atom stereocenters. The number of hydrogen-bond donors (Lipinski definition) is 1. The highest BCUT2D eigenvalue weighted by Gasteiger charge is 2.09. The van der Waals surface area contributed by atoms with E-state index >= 15 is 0 Å². The number of pyridine rings is 2. The number of aromatic nitrogens is 2. The number of anilines is 1. The fourth-order valence-electron chi connectivity index (χ4n) is 1.06. The predicted octanol–water partition coefficient (Wildman–Crippen LogP) is 2.49. The number of halogens is 2. The van der Waals surface area contributed by atoms with Crippen molar-refractivity contribution in [1.82, 2.24) is 9.97 Å². The van der Waals surface area contributed by atoms with E-state index < -0.39 is 11.6 Å². The summed E-state index contributed by atoms with van der Waals surface area (Å²) >= 11 is 0.961. The largest absolute Gasteiger partial charge is 0.397 e. The summed E-state index contributed by atoms with van der Waals surface area (Å²) < 4.78 is 25.9. The zero-order valence-electron chi connectivity index (χ0n) is 8.02. The number of nitrogen functional groups attached to an aromatic ring is 1. The van der Waals surface area contributed by atoms with Crippen LogP contribution in [0.2, 0.25) is 0 Å². The standard InChI is InChI=1S/C10H7F2N3S/c11-6-4-7(12)9(15-5-6)16-10-8(13)2-1-3-14-10/h1-5H,13H2. The normalized spacial score (nSPS) is 10.4. The van der Waals surface area contributed by atoms with Gasteiger partial charge in [-0.2, -0.15) is 0 Å². The quantitative estimate of drug-likeness (QED) is 0.874. The Morgan fingerprint density at radius 3 is 2.69 bits per heavy atom. The lowest BCUT2D eigenvalue weighted by Gasteiger charge is -2.03. The smallest absolute Gasteiger partial charge is 0.158 e. The van der Waals surface area contributed by atoms with E-state index in [2.05, 4.69) is 9.97 Å². The van der Waals surface area contributed by atoms with E-state index in [4.69, 9.17) is 5.73 Å². The molecule has 0 bridgehead atoms. The van der Waals surface area contributed by atoms with Crippen LogP contribution in [-0.4, -0.2) is 9.97 Å². The predicted molar refractivity (Wildman–Crippen MR) is 56.9 cm³/mol. The Balaban J connectivity index is 2.31. The van der Waals surface area contributed by atoms with Gasteiger partial charge in [0.05, 0.1) is 11.9 Å². The van der Waals surface area contributed by atoms with Crippen molar-refractivity contribution in [3.05, 3.63) is 42.2 Å². The zero-order chi connectivity index (χ0) is 11.5. The second-order valence-electron chi connectivity index (χ2n) is 2.94. The maximum Gasteiger partial charge on any atom is 0.158 e. The molecule has 82 valence electrons. The molecule has 2 rings (SSSR count). The highest BCUT2D eigenvalue weighted by molar-refractivity contribution is 7.99. The molecule has 0 fully saturated rings. The van der Waals surface area contributed by atoms with Crippen molar-refractivity contribution in [2.45, 2.75) is 10.1 Å². The molecule has 0 amide bonds. The van der Waals surface area contributed by atoms with Crippen molar-refractivity contribution in [1.29, 1.82) is 0 Å². The van der Waals surface area contributed by atoms with E-state index in [-0.39, 0.29) is 5.03 Å². The molecule has 3 nitrogen and oxygen atoms in total. The summed E-state index contributed by atoms with van der Waals surface area (Å²) in [5.41, 5.74) is 6.07. The van der Waals surface area contributed by atoms with Crippen LogP contribution in [0.25, 0.3) is 0 Å². The SMILES string of the molecule is Nc1cccnc1Sc1ncc(F)cc1F. The average molecular weight is 239 g/mol. The third kappa shape index (κ3) is 2.27. The molecule has 0 aliphatic heterocycles. The lowest BCUT2D eigenvalue weighted by molar-refractivity contribution is 0.548. The van der Waals surface area contributed by atoms with Crippen LogP contribution in [0.5, 0.6) is 0 Å². The molecule has 2 aromatic heterocycles. The Bertz CT molecular complexity index is 519. The molecule has 0 unspecified atom stereocenters. The summed E-state index contributed by atoms with van der Waals surface area (Å²) in [4.78, 5) is 7.61. The van der Waals surface area contributed by atoms with Gasteiger partial charge in [-0.05, 0) is 23.9 Å². The van der Waals surface area contributed by atoms with E-state index in [1.807, 2.05) is 0 Å². The molecular formula is C10H7F2N3S. The summed E-state index contributed by atoms with van der Waals surface area (Å²) in [5.74, 6) is -1.44. The van der Waals surface area contributed by atoms with Gasteiger partial charge in [-0.15, -0.1) is 0 Å². The van der Waals surface area contributed by atoms with Crippen molar-refractivity contribution in [2.24, 2.45) is 0 Å². The summed E-state index contributed by atoms with van der Waals surface area (Å²) in [7, 11) is 0. The Morgan fingerprint density at radius 1 is 1.19 bits per heavy atom. The van der Waals surface area contributed by atoms with Crippen molar-refractivity contribution >= 4 is 17.4 Å². The first-order chi connectivity index (χ1) is 7.66. The van der Waals surface area contributed by atoms with E-state index in [0.717, 1.165) is 24.0 Å². The van der Waals surface area contributed by atoms with Crippen LogP contribution in [0.4, 0.5) is 14.5 Å². The van der Waals surface area contributed by atoms with Crippen molar-refractivity contribution in [3.63, 3.8) is 0 Å². The van der Waals surface area contributed by atoms with Gasteiger partial charge in [0.25, 0.3) is 0 Å². The molecule has 0 aromatic carbocycles. The molecule has 0 aliphatic rings. The third-order valence-corrected chi connectivity index (χ3v) is 2.80. The summed E-state index contributed by atoms with van der Waals surface area (Å²) in [5, 5.41) is 0.493. The number of nitrogens with two attached hydrogens (primary N) is 1. The maximum atomic E-state index is 13.3. The van der Waals surface area contributed by atoms with Gasteiger partial charge < -0.3 is 5.73 Å². The molecule has 0 spiro atoms. The highest BCUT2D eigenvalue weighted by Crippen LogP contribution is 2.30. The molecule has 0 radical (unpaired) electrons. The minimum absolute atomic E-state index is 0.0480. The van der Waals surface area contributed by atoms with Gasteiger partial charge >= 0.3 is 0 Å².